The van der Waals surface area contributed by atoms with Gasteiger partial charge in [-0.3, -0.25) is 9.59 Å². The first-order chi connectivity index (χ1) is 17.3. The summed E-state index contributed by atoms with van der Waals surface area (Å²) < 4.78 is 5.28. The number of fused-ring (bicyclic) bond motifs is 2. The number of carbonyl (C=O) groups is 3. The van der Waals surface area contributed by atoms with E-state index < -0.39 is 29.4 Å². The molecule has 2 aliphatic heterocycles. The van der Waals surface area contributed by atoms with E-state index in [0.29, 0.717) is 21.3 Å². The SMILES string of the molecule is CCOC(=O)N1C(=O)[C@]2(c3ccc(Cl)cc31)[C@@H](c1cccc(C)c1)NC(=O)C[C@H]2c1cccc(Cl)c1. The Bertz CT molecular complexity index is 1330. The molecule has 2 aliphatic rings. The number of aryl methyl sites for hydroxylation is 1. The molecule has 1 fully saturated rings. The van der Waals surface area contributed by atoms with Crippen molar-refractivity contribution >= 4 is 46.8 Å². The van der Waals surface area contributed by atoms with Gasteiger partial charge in [-0.1, -0.05) is 71.2 Å². The number of nitrogens with zero attached hydrogens (tertiary/aromatic N) is 1. The van der Waals surface area contributed by atoms with Crippen molar-refractivity contribution in [3.63, 3.8) is 0 Å². The van der Waals surface area contributed by atoms with E-state index in [1.165, 1.54) is 0 Å². The van der Waals surface area contributed by atoms with Crippen molar-refractivity contribution in [3.8, 4) is 0 Å². The number of hydrogen-bond acceptors (Lipinski definition) is 4. The third kappa shape index (κ3) is 3.76. The number of anilines is 1. The largest absolute Gasteiger partial charge is 0.449 e. The van der Waals surface area contributed by atoms with Gasteiger partial charge in [-0.05, 0) is 54.8 Å². The zero-order chi connectivity index (χ0) is 25.6. The standard InChI is InChI=1S/C28H24Cl2N2O4/c1-3-36-27(35)32-23-14-20(30)10-11-21(23)28(26(32)34)22(17-7-5-9-19(29)13-17)15-24(33)31-25(28)18-8-4-6-16(2)12-18/h4-14,22,25H,3,15H2,1-2H3,(H,31,33)/t22-,25+,28-/m0/s1. The van der Waals surface area contributed by atoms with Crippen LogP contribution in [-0.4, -0.2) is 24.5 Å². The summed E-state index contributed by atoms with van der Waals surface area (Å²) >= 11 is 12.7. The Morgan fingerprint density at radius 1 is 1.03 bits per heavy atom. The van der Waals surface area contributed by atoms with Gasteiger partial charge in [-0.2, -0.15) is 0 Å². The molecule has 0 saturated carbocycles. The van der Waals surface area contributed by atoms with Gasteiger partial charge in [0.1, 0.15) is 5.41 Å². The molecule has 0 unspecified atom stereocenters. The summed E-state index contributed by atoms with van der Waals surface area (Å²) in [7, 11) is 0. The highest BCUT2D eigenvalue weighted by molar-refractivity contribution is 6.32. The van der Waals surface area contributed by atoms with Crippen LogP contribution in [-0.2, 0) is 19.7 Å². The number of halogens is 2. The van der Waals surface area contributed by atoms with Crippen molar-refractivity contribution < 1.29 is 19.1 Å². The minimum atomic E-state index is -1.35. The van der Waals surface area contributed by atoms with Crippen LogP contribution < -0.4 is 10.2 Å². The lowest BCUT2D eigenvalue weighted by molar-refractivity contribution is -0.132. The molecule has 1 saturated heterocycles. The Morgan fingerprint density at radius 3 is 2.47 bits per heavy atom. The summed E-state index contributed by atoms with van der Waals surface area (Å²) in [5, 5.41) is 3.94. The monoisotopic (exact) mass is 522 g/mol. The molecule has 6 nitrogen and oxygen atoms in total. The first kappa shape index (κ1) is 24.3. The zero-order valence-electron chi connectivity index (χ0n) is 19.8. The van der Waals surface area contributed by atoms with Gasteiger partial charge in [0, 0.05) is 22.4 Å². The molecule has 0 bridgehead atoms. The van der Waals surface area contributed by atoms with Gasteiger partial charge < -0.3 is 10.1 Å². The molecule has 3 aromatic carbocycles. The molecule has 0 aromatic heterocycles. The molecule has 184 valence electrons. The van der Waals surface area contributed by atoms with E-state index in [2.05, 4.69) is 5.32 Å². The number of rotatable bonds is 3. The fourth-order valence-electron chi connectivity index (χ4n) is 5.62. The maximum atomic E-state index is 14.6. The van der Waals surface area contributed by atoms with Crippen LogP contribution >= 0.6 is 23.2 Å². The normalized spacial score (nSPS) is 22.9. The van der Waals surface area contributed by atoms with E-state index in [1.807, 2.05) is 37.3 Å². The summed E-state index contributed by atoms with van der Waals surface area (Å²) in [4.78, 5) is 42.0. The minimum absolute atomic E-state index is 0.0349. The van der Waals surface area contributed by atoms with Gasteiger partial charge in [-0.15, -0.1) is 0 Å². The van der Waals surface area contributed by atoms with Crippen molar-refractivity contribution in [2.75, 3.05) is 11.5 Å². The highest BCUT2D eigenvalue weighted by atomic mass is 35.5. The number of ether oxygens (including phenoxy) is 1. The topological polar surface area (TPSA) is 75.7 Å². The molecule has 0 radical (unpaired) electrons. The molecule has 8 heteroatoms. The molecule has 3 aromatic rings. The van der Waals surface area contributed by atoms with Crippen molar-refractivity contribution in [2.24, 2.45) is 0 Å². The van der Waals surface area contributed by atoms with Crippen molar-refractivity contribution in [1.29, 1.82) is 0 Å². The van der Waals surface area contributed by atoms with Gasteiger partial charge >= 0.3 is 6.09 Å². The number of carbonyl (C=O) groups excluding carboxylic acids is 3. The van der Waals surface area contributed by atoms with Gasteiger partial charge in [0.25, 0.3) is 0 Å². The Hall–Kier alpha value is -3.35. The number of amides is 3. The first-order valence-corrected chi connectivity index (χ1v) is 12.5. The quantitative estimate of drug-likeness (QED) is 0.451. The molecule has 0 aliphatic carbocycles. The average Bonchev–Trinajstić information content (AvgIpc) is 3.08. The van der Waals surface area contributed by atoms with Crippen LogP contribution in [0.25, 0.3) is 0 Å². The number of imide groups is 1. The fraction of sp³-hybridized carbons (Fsp3) is 0.250. The van der Waals surface area contributed by atoms with E-state index in [4.69, 9.17) is 27.9 Å². The summed E-state index contributed by atoms with van der Waals surface area (Å²) in [5.41, 5.74) is 2.07. The fourth-order valence-corrected chi connectivity index (χ4v) is 5.98. The van der Waals surface area contributed by atoms with Crippen LogP contribution in [0.5, 0.6) is 0 Å². The smallest absolute Gasteiger partial charge is 0.421 e. The highest BCUT2D eigenvalue weighted by Crippen LogP contribution is 2.59. The van der Waals surface area contributed by atoms with E-state index >= 15 is 0 Å². The lowest BCUT2D eigenvalue weighted by atomic mass is 9.59. The summed E-state index contributed by atoms with van der Waals surface area (Å²) in [6, 6.07) is 19.2. The minimum Gasteiger partial charge on any atom is -0.449 e. The van der Waals surface area contributed by atoms with Crippen LogP contribution in [0.15, 0.2) is 66.7 Å². The van der Waals surface area contributed by atoms with Gasteiger partial charge in [0.2, 0.25) is 11.8 Å². The van der Waals surface area contributed by atoms with Crippen molar-refractivity contribution in [1.82, 2.24) is 5.32 Å². The Balaban J connectivity index is 1.84. The van der Waals surface area contributed by atoms with Gasteiger partial charge in [0.05, 0.1) is 18.3 Å². The number of nitrogens with one attached hydrogen (secondary N) is 1. The van der Waals surface area contributed by atoms with Gasteiger partial charge in [0.15, 0.2) is 0 Å². The molecular formula is C28H24Cl2N2O4. The van der Waals surface area contributed by atoms with E-state index in [9.17, 15) is 14.4 Å². The summed E-state index contributed by atoms with van der Waals surface area (Å²) in [6.45, 7) is 3.73. The van der Waals surface area contributed by atoms with Crippen LogP contribution in [0.2, 0.25) is 10.0 Å². The maximum Gasteiger partial charge on any atom is 0.421 e. The zero-order valence-corrected chi connectivity index (χ0v) is 21.3. The molecule has 5 rings (SSSR count). The predicted molar refractivity (Wildman–Crippen MR) is 139 cm³/mol. The third-order valence-corrected chi connectivity index (χ3v) is 7.45. The second-order valence-electron chi connectivity index (χ2n) is 9.10. The van der Waals surface area contributed by atoms with Crippen LogP contribution in [0.3, 0.4) is 0 Å². The highest BCUT2D eigenvalue weighted by Gasteiger charge is 2.64. The maximum absolute atomic E-state index is 14.6. The van der Waals surface area contributed by atoms with E-state index in [0.717, 1.165) is 21.6 Å². The van der Waals surface area contributed by atoms with Crippen LogP contribution in [0.4, 0.5) is 10.5 Å². The van der Waals surface area contributed by atoms with Crippen LogP contribution in [0, 0.1) is 6.92 Å². The van der Waals surface area contributed by atoms with Gasteiger partial charge in [-0.25, -0.2) is 9.69 Å². The average molecular weight is 523 g/mol. The van der Waals surface area contributed by atoms with Crippen molar-refractivity contribution in [3.05, 3.63) is 99.0 Å². The lowest BCUT2D eigenvalue weighted by Gasteiger charge is -2.46. The molecule has 3 amide bonds. The third-order valence-electron chi connectivity index (χ3n) is 6.98. The molecular weight excluding hydrogens is 499 g/mol. The second-order valence-corrected chi connectivity index (χ2v) is 9.97. The Morgan fingerprint density at radius 2 is 1.75 bits per heavy atom. The molecule has 3 atom stereocenters. The molecule has 36 heavy (non-hydrogen) atoms. The second kappa shape index (κ2) is 9.26. The summed E-state index contributed by atoms with van der Waals surface area (Å²) in [6.07, 6.45) is -0.750. The first-order valence-electron chi connectivity index (χ1n) is 11.7. The number of benzene rings is 3. The molecule has 2 heterocycles. The molecule has 1 N–H and O–H groups in total. The predicted octanol–water partition coefficient (Wildman–Crippen LogP) is 6.09. The van der Waals surface area contributed by atoms with Crippen LogP contribution in [0.1, 0.15) is 47.6 Å². The number of hydrogen-bond donors (Lipinski definition) is 1. The lowest BCUT2D eigenvalue weighted by Crippen LogP contribution is -2.58. The number of piperidine rings is 1. The van der Waals surface area contributed by atoms with E-state index in [-0.39, 0.29) is 18.9 Å². The Labute approximate surface area is 219 Å². The summed E-state index contributed by atoms with van der Waals surface area (Å²) in [5.74, 6) is -1.29. The van der Waals surface area contributed by atoms with Crippen molar-refractivity contribution in [2.45, 2.75) is 37.6 Å². The Kier molecular flexibility index (Phi) is 6.27. The van der Waals surface area contributed by atoms with E-state index in [1.54, 1.807) is 43.3 Å². The molecule has 1 spiro atoms.